The van der Waals surface area contributed by atoms with E-state index < -0.39 is 0 Å². The highest BCUT2D eigenvalue weighted by Gasteiger charge is 2.19. The maximum Gasteiger partial charge on any atom is 0.0973 e. The molecule has 0 N–H and O–H groups in total. The number of fused-ring (bicyclic) bond motifs is 4. The minimum Gasteiger partial charge on any atom is -0.311 e. The Hall–Kier alpha value is -6.52. The molecular weight excluding hydrogens is 633 g/mol. The van der Waals surface area contributed by atoms with Gasteiger partial charge in [0, 0.05) is 44.6 Å². The molecule has 0 radical (unpaired) electrons. The molecule has 9 aromatic rings. The molecule has 52 heavy (non-hydrogen) atoms. The van der Waals surface area contributed by atoms with Gasteiger partial charge in [-0.05, 0) is 84.6 Å². The van der Waals surface area contributed by atoms with Gasteiger partial charge in [0.05, 0.1) is 33.5 Å². The highest BCUT2D eigenvalue weighted by atomic mass is 15.1. The van der Waals surface area contributed by atoms with Crippen LogP contribution in [-0.2, 0) is 12.8 Å². The summed E-state index contributed by atoms with van der Waals surface area (Å²) in [7, 11) is 0. The number of hydrogen-bond acceptors (Lipinski definition) is 3. The Morgan fingerprint density at radius 1 is 0.423 bits per heavy atom. The van der Waals surface area contributed by atoms with Crippen molar-refractivity contribution >= 4 is 49.9 Å². The molecule has 0 aliphatic heterocycles. The van der Waals surface area contributed by atoms with Crippen LogP contribution in [0.5, 0.6) is 0 Å². The average molecular weight is 671 g/mol. The van der Waals surface area contributed by atoms with E-state index in [1.165, 1.54) is 32.9 Å². The van der Waals surface area contributed by atoms with Crippen molar-refractivity contribution in [1.82, 2.24) is 14.5 Å². The van der Waals surface area contributed by atoms with Crippen LogP contribution in [0, 0.1) is 0 Å². The SMILES string of the molecule is CCc1ccc(CC)c2nc(-c3ccc(N(c4ccccc4)c4ccc(-n5c6ccccc6c6ccccc65)cc4)cc3)c(-c3ccccc3)nc12. The normalized spacial score (nSPS) is 11.4. The lowest BCUT2D eigenvalue weighted by Crippen LogP contribution is -2.10. The summed E-state index contributed by atoms with van der Waals surface area (Å²) in [5.74, 6) is 0. The third-order valence-corrected chi connectivity index (χ3v) is 10.2. The summed E-state index contributed by atoms with van der Waals surface area (Å²) in [6.07, 6.45) is 1.81. The van der Waals surface area contributed by atoms with Gasteiger partial charge >= 0.3 is 0 Å². The van der Waals surface area contributed by atoms with Gasteiger partial charge in [0.2, 0.25) is 0 Å². The van der Waals surface area contributed by atoms with Gasteiger partial charge in [0.25, 0.3) is 0 Å². The number of rotatable bonds is 8. The Balaban J connectivity index is 1.15. The van der Waals surface area contributed by atoms with Crippen LogP contribution in [0.1, 0.15) is 25.0 Å². The van der Waals surface area contributed by atoms with Crippen LogP contribution in [0.3, 0.4) is 0 Å². The molecule has 0 saturated heterocycles. The van der Waals surface area contributed by atoms with Crippen LogP contribution >= 0.6 is 0 Å². The molecule has 0 aliphatic rings. The third-order valence-electron chi connectivity index (χ3n) is 10.2. The van der Waals surface area contributed by atoms with E-state index in [0.717, 1.165) is 69.1 Å². The third kappa shape index (κ3) is 5.41. The van der Waals surface area contributed by atoms with Crippen molar-refractivity contribution in [2.75, 3.05) is 4.90 Å². The zero-order valence-corrected chi connectivity index (χ0v) is 29.4. The first kappa shape index (κ1) is 31.5. The minimum absolute atomic E-state index is 0.898. The number of anilines is 3. The number of benzene rings is 7. The molecular formula is C48H38N4. The molecule has 0 saturated carbocycles. The van der Waals surface area contributed by atoms with Gasteiger partial charge in [-0.25, -0.2) is 9.97 Å². The van der Waals surface area contributed by atoms with Crippen LogP contribution in [0.15, 0.2) is 170 Å². The fourth-order valence-electron chi connectivity index (χ4n) is 7.56. The van der Waals surface area contributed by atoms with E-state index in [1.807, 2.05) is 6.07 Å². The molecule has 0 fully saturated rings. The average Bonchev–Trinajstić information content (AvgIpc) is 3.56. The van der Waals surface area contributed by atoms with Crippen molar-refractivity contribution in [3.05, 3.63) is 181 Å². The summed E-state index contributed by atoms with van der Waals surface area (Å²) < 4.78 is 2.36. The van der Waals surface area contributed by atoms with Gasteiger partial charge < -0.3 is 9.47 Å². The van der Waals surface area contributed by atoms with E-state index in [0.29, 0.717) is 0 Å². The molecule has 4 nitrogen and oxygen atoms in total. The van der Waals surface area contributed by atoms with Crippen LogP contribution in [-0.4, -0.2) is 14.5 Å². The summed E-state index contributed by atoms with van der Waals surface area (Å²) in [4.78, 5) is 13.0. The molecule has 9 rings (SSSR count). The standard InChI is InChI=1S/C48H38N4/c1-3-33-23-24-34(4-2)46-45(33)49-47(35-15-7-5-8-16-35)48(50-46)36-25-27-38(28-26-36)51(37-17-9-6-10-18-37)39-29-31-40(32-30-39)52-43-21-13-11-19-41(43)42-20-12-14-22-44(42)52/h5-32H,3-4H2,1-2H3. The highest BCUT2D eigenvalue weighted by molar-refractivity contribution is 6.09. The number of hydrogen-bond donors (Lipinski definition) is 0. The molecule has 2 heterocycles. The van der Waals surface area contributed by atoms with Crippen molar-refractivity contribution in [1.29, 1.82) is 0 Å². The molecule has 7 aromatic carbocycles. The maximum atomic E-state index is 5.39. The lowest BCUT2D eigenvalue weighted by atomic mass is 10.00. The fraction of sp³-hybridized carbons (Fsp3) is 0.0833. The molecule has 0 atom stereocenters. The largest absolute Gasteiger partial charge is 0.311 e. The summed E-state index contributed by atoms with van der Waals surface area (Å²) in [6.45, 7) is 4.38. The molecule has 0 spiro atoms. The summed E-state index contributed by atoms with van der Waals surface area (Å²) in [6, 6.07) is 60.4. The van der Waals surface area contributed by atoms with Crippen LogP contribution in [0.25, 0.3) is 61.0 Å². The Morgan fingerprint density at radius 2 is 0.846 bits per heavy atom. The Labute approximate surface area is 304 Å². The Kier molecular flexibility index (Phi) is 8.05. The van der Waals surface area contributed by atoms with E-state index >= 15 is 0 Å². The van der Waals surface area contributed by atoms with E-state index in [4.69, 9.17) is 9.97 Å². The number of aromatic nitrogens is 3. The minimum atomic E-state index is 0.898. The van der Waals surface area contributed by atoms with Gasteiger partial charge in [0.1, 0.15) is 0 Å². The molecule has 0 bridgehead atoms. The number of nitrogens with zero attached hydrogens (tertiary/aromatic N) is 4. The van der Waals surface area contributed by atoms with E-state index in [9.17, 15) is 0 Å². The summed E-state index contributed by atoms with van der Waals surface area (Å²) >= 11 is 0. The topological polar surface area (TPSA) is 34.0 Å². The van der Waals surface area contributed by atoms with Crippen molar-refractivity contribution in [3.63, 3.8) is 0 Å². The highest BCUT2D eigenvalue weighted by Crippen LogP contribution is 2.39. The van der Waals surface area contributed by atoms with Crippen molar-refractivity contribution in [3.8, 4) is 28.2 Å². The second-order valence-corrected chi connectivity index (χ2v) is 13.2. The van der Waals surface area contributed by atoms with Crippen LogP contribution in [0.4, 0.5) is 17.1 Å². The van der Waals surface area contributed by atoms with Crippen molar-refractivity contribution in [2.24, 2.45) is 0 Å². The lowest BCUT2D eigenvalue weighted by molar-refractivity contribution is 1.10. The second-order valence-electron chi connectivity index (χ2n) is 13.2. The predicted molar refractivity (Wildman–Crippen MR) is 218 cm³/mol. The summed E-state index contributed by atoms with van der Waals surface area (Å²) in [5.41, 5.74) is 15.1. The van der Waals surface area contributed by atoms with E-state index in [2.05, 4.69) is 187 Å². The van der Waals surface area contributed by atoms with Gasteiger partial charge in [-0.2, -0.15) is 0 Å². The van der Waals surface area contributed by atoms with Crippen LogP contribution in [0.2, 0.25) is 0 Å². The second kappa shape index (κ2) is 13.3. The number of aryl methyl sites for hydroxylation is 2. The zero-order chi connectivity index (χ0) is 35.0. The summed E-state index contributed by atoms with van der Waals surface area (Å²) in [5, 5.41) is 2.52. The van der Waals surface area contributed by atoms with Crippen LogP contribution < -0.4 is 4.90 Å². The molecule has 0 amide bonds. The Bertz CT molecular complexity index is 2620. The van der Waals surface area contributed by atoms with Crippen molar-refractivity contribution < 1.29 is 0 Å². The molecule has 0 unspecified atom stereocenters. The smallest absolute Gasteiger partial charge is 0.0973 e. The first-order chi connectivity index (χ1) is 25.7. The van der Waals surface area contributed by atoms with Gasteiger partial charge in [-0.1, -0.05) is 123 Å². The van der Waals surface area contributed by atoms with Gasteiger partial charge in [-0.3, -0.25) is 0 Å². The zero-order valence-electron chi connectivity index (χ0n) is 29.4. The maximum absolute atomic E-state index is 5.39. The van der Waals surface area contributed by atoms with Crippen molar-refractivity contribution in [2.45, 2.75) is 26.7 Å². The monoisotopic (exact) mass is 670 g/mol. The number of para-hydroxylation sites is 3. The molecule has 0 aliphatic carbocycles. The fourth-order valence-corrected chi connectivity index (χ4v) is 7.56. The first-order valence-corrected chi connectivity index (χ1v) is 18.1. The van der Waals surface area contributed by atoms with E-state index in [-0.39, 0.29) is 0 Å². The van der Waals surface area contributed by atoms with Gasteiger partial charge in [0.15, 0.2) is 0 Å². The molecule has 4 heteroatoms. The first-order valence-electron chi connectivity index (χ1n) is 18.1. The Morgan fingerprint density at radius 3 is 1.37 bits per heavy atom. The predicted octanol–water partition coefficient (Wildman–Crippen LogP) is 12.7. The quantitative estimate of drug-likeness (QED) is 0.161. The molecule has 2 aromatic heterocycles. The lowest BCUT2D eigenvalue weighted by Gasteiger charge is -2.26. The molecule has 250 valence electrons. The van der Waals surface area contributed by atoms with Gasteiger partial charge in [-0.15, -0.1) is 0 Å². The van der Waals surface area contributed by atoms with E-state index in [1.54, 1.807) is 0 Å².